The van der Waals surface area contributed by atoms with E-state index in [1.165, 1.54) is 0 Å². The molecular weight excluding hydrogens is 168 g/mol. The van der Waals surface area contributed by atoms with Gasteiger partial charge in [0.25, 0.3) is 0 Å². The molecule has 1 aromatic heterocycles. The summed E-state index contributed by atoms with van der Waals surface area (Å²) in [6, 6.07) is 2.13. The van der Waals surface area contributed by atoms with Crippen molar-refractivity contribution in [1.82, 2.24) is 15.5 Å². The van der Waals surface area contributed by atoms with E-state index in [1.54, 1.807) is 6.92 Å². The summed E-state index contributed by atoms with van der Waals surface area (Å²) >= 11 is 0. The molecule has 0 saturated heterocycles. The summed E-state index contributed by atoms with van der Waals surface area (Å²) in [7, 11) is 0. The third kappa shape index (κ3) is 3.22. The van der Waals surface area contributed by atoms with Crippen molar-refractivity contribution in [3.8, 4) is 6.07 Å². The molecule has 1 unspecified atom stereocenters. The van der Waals surface area contributed by atoms with Crippen LogP contribution in [0.2, 0.25) is 0 Å². The maximum atomic E-state index is 8.50. The molecule has 0 fully saturated rings. The SMILES string of the molecule is Cc1nc(CNCC(C)C#N)no1. The van der Waals surface area contributed by atoms with Crippen LogP contribution in [0.4, 0.5) is 0 Å². The Kier molecular flexibility index (Phi) is 3.41. The number of rotatable bonds is 4. The Labute approximate surface area is 76.7 Å². The quantitative estimate of drug-likeness (QED) is 0.735. The van der Waals surface area contributed by atoms with Crippen LogP contribution in [0.15, 0.2) is 4.52 Å². The fourth-order valence-electron chi connectivity index (χ4n) is 0.859. The highest BCUT2D eigenvalue weighted by Gasteiger charge is 2.02. The molecule has 0 bridgehead atoms. The van der Waals surface area contributed by atoms with Gasteiger partial charge >= 0.3 is 0 Å². The molecule has 1 atom stereocenters. The van der Waals surface area contributed by atoms with Crippen molar-refractivity contribution in [2.75, 3.05) is 6.54 Å². The molecule has 70 valence electrons. The van der Waals surface area contributed by atoms with E-state index in [1.807, 2.05) is 6.92 Å². The predicted octanol–water partition coefficient (Wildman–Crippen LogP) is 0.627. The molecular formula is C8H12N4O. The molecule has 5 nitrogen and oxygen atoms in total. The van der Waals surface area contributed by atoms with Crippen molar-refractivity contribution < 1.29 is 4.52 Å². The average molecular weight is 180 g/mol. The molecule has 0 aliphatic rings. The number of nitriles is 1. The summed E-state index contributed by atoms with van der Waals surface area (Å²) in [5, 5.41) is 15.3. The minimum atomic E-state index is 0.00741. The van der Waals surface area contributed by atoms with Gasteiger partial charge in [0.15, 0.2) is 5.82 Å². The van der Waals surface area contributed by atoms with Gasteiger partial charge < -0.3 is 9.84 Å². The van der Waals surface area contributed by atoms with Crippen LogP contribution in [0.1, 0.15) is 18.6 Å². The highest BCUT2D eigenvalue weighted by molar-refractivity contribution is 4.85. The lowest BCUT2D eigenvalue weighted by atomic mass is 10.2. The van der Waals surface area contributed by atoms with E-state index >= 15 is 0 Å². The van der Waals surface area contributed by atoms with Gasteiger partial charge in [-0.05, 0) is 6.92 Å². The molecule has 0 aromatic carbocycles. The molecule has 0 amide bonds. The van der Waals surface area contributed by atoms with E-state index in [-0.39, 0.29) is 5.92 Å². The summed E-state index contributed by atoms with van der Waals surface area (Å²) in [5.74, 6) is 1.20. The summed E-state index contributed by atoms with van der Waals surface area (Å²) in [6.45, 7) is 4.79. The predicted molar refractivity (Wildman–Crippen MR) is 45.5 cm³/mol. The zero-order chi connectivity index (χ0) is 9.68. The molecule has 1 aromatic rings. The van der Waals surface area contributed by atoms with Crippen LogP contribution in [0.25, 0.3) is 0 Å². The Morgan fingerprint density at radius 1 is 1.69 bits per heavy atom. The van der Waals surface area contributed by atoms with Crippen LogP contribution in [-0.2, 0) is 6.54 Å². The molecule has 0 spiro atoms. The van der Waals surface area contributed by atoms with E-state index in [0.29, 0.717) is 24.8 Å². The Morgan fingerprint density at radius 3 is 3.00 bits per heavy atom. The first kappa shape index (κ1) is 9.68. The standard InChI is InChI=1S/C8H12N4O/c1-6(3-9)4-10-5-8-11-7(2)13-12-8/h6,10H,4-5H2,1-2H3. The third-order valence-electron chi connectivity index (χ3n) is 1.52. The lowest BCUT2D eigenvalue weighted by Crippen LogP contribution is -2.20. The Morgan fingerprint density at radius 2 is 2.46 bits per heavy atom. The lowest BCUT2D eigenvalue weighted by Gasteiger charge is -2.01. The van der Waals surface area contributed by atoms with E-state index in [2.05, 4.69) is 21.5 Å². The van der Waals surface area contributed by atoms with Gasteiger partial charge in [0.05, 0.1) is 18.5 Å². The van der Waals surface area contributed by atoms with Gasteiger partial charge in [0.1, 0.15) is 0 Å². The average Bonchev–Trinajstić information content (AvgIpc) is 2.51. The van der Waals surface area contributed by atoms with Gasteiger partial charge in [-0.2, -0.15) is 10.2 Å². The molecule has 13 heavy (non-hydrogen) atoms. The monoisotopic (exact) mass is 180 g/mol. The van der Waals surface area contributed by atoms with Gasteiger partial charge in [-0.3, -0.25) is 0 Å². The first-order valence-electron chi connectivity index (χ1n) is 4.12. The van der Waals surface area contributed by atoms with Crippen molar-refractivity contribution >= 4 is 0 Å². The van der Waals surface area contributed by atoms with Gasteiger partial charge in [0.2, 0.25) is 5.89 Å². The van der Waals surface area contributed by atoms with Gasteiger partial charge in [0, 0.05) is 13.5 Å². The van der Waals surface area contributed by atoms with E-state index in [4.69, 9.17) is 9.78 Å². The van der Waals surface area contributed by atoms with Crippen LogP contribution in [0.3, 0.4) is 0 Å². The number of aromatic nitrogens is 2. The summed E-state index contributed by atoms with van der Waals surface area (Å²) in [4.78, 5) is 4.01. The lowest BCUT2D eigenvalue weighted by molar-refractivity contribution is 0.385. The van der Waals surface area contributed by atoms with Crippen LogP contribution >= 0.6 is 0 Å². The molecule has 1 N–H and O–H groups in total. The van der Waals surface area contributed by atoms with Crippen molar-refractivity contribution in [2.45, 2.75) is 20.4 Å². The summed E-state index contributed by atoms with van der Waals surface area (Å²) < 4.78 is 4.78. The molecule has 0 saturated carbocycles. The molecule has 0 aliphatic heterocycles. The molecule has 1 rings (SSSR count). The van der Waals surface area contributed by atoms with Gasteiger partial charge in [-0.25, -0.2) is 0 Å². The maximum Gasteiger partial charge on any atom is 0.223 e. The fourth-order valence-corrected chi connectivity index (χ4v) is 0.859. The maximum absolute atomic E-state index is 8.50. The topological polar surface area (TPSA) is 74.7 Å². The van der Waals surface area contributed by atoms with Crippen molar-refractivity contribution in [1.29, 1.82) is 5.26 Å². The van der Waals surface area contributed by atoms with Crippen LogP contribution in [0.5, 0.6) is 0 Å². The van der Waals surface area contributed by atoms with Crippen molar-refractivity contribution in [3.63, 3.8) is 0 Å². The van der Waals surface area contributed by atoms with E-state index in [0.717, 1.165) is 0 Å². The number of hydrogen-bond acceptors (Lipinski definition) is 5. The highest BCUT2D eigenvalue weighted by Crippen LogP contribution is 1.94. The van der Waals surface area contributed by atoms with Crippen LogP contribution < -0.4 is 5.32 Å². The van der Waals surface area contributed by atoms with Crippen molar-refractivity contribution in [3.05, 3.63) is 11.7 Å². The fraction of sp³-hybridized carbons (Fsp3) is 0.625. The Hall–Kier alpha value is -1.41. The molecule has 5 heteroatoms. The molecule has 0 aliphatic carbocycles. The highest BCUT2D eigenvalue weighted by atomic mass is 16.5. The molecule has 0 radical (unpaired) electrons. The largest absolute Gasteiger partial charge is 0.340 e. The Bertz CT molecular complexity index is 301. The van der Waals surface area contributed by atoms with Gasteiger partial charge in [-0.15, -0.1) is 0 Å². The third-order valence-corrected chi connectivity index (χ3v) is 1.52. The van der Waals surface area contributed by atoms with Crippen LogP contribution in [-0.4, -0.2) is 16.7 Å². The van der Waals surface area contributed by atoms with E-state index in [9.17, 15) is 0 Å². The van der Waals surface area contributed by atoms with Crippen LogP contribution in [0, 0.1) is 24.2 Å². The summed E-state index contributed by atoms with van der Waals surface area (Å²) in [5.41, 5.74) is 0. The second-order valence-electron chi connectivity index (χ2n) is 2.89. The number of nitrogens with one attached hydrogen (secondary N) is 1. The number of hydrogen-bond donors (Lipinski definition) is 1. The minimum Gasteiger partial charge on any atom is -0.340 e. The zero-order valence-corrected chi connectivity index (χ0v) is 7.74. The smallest absolute Gasteiger partial charge is 0.223 e. The number of aryl methyl sites for hydroxylation is 1. The normalized spacial score (nSPS) is 12.4. The van der Waals surface area contributed by atoms with E-state index < -0.39 is 0 Å². The number of nitrogens with zero attached hydrogens (tertiary/aromatic N) is 3. The van der Waals surface area contributed by atoms with Crippen molar-refractivity contribution in [2.24, 2.45) is 5.92 Å². The van der Waals surface area contributed by atoms with Gasteiger partial charge in [-0.1, -0.05) is 5.16 Å². The Balaban J connectivity index is 2.25. The molecule has 1 heterocycles. The summed E-state index contributed by atoms with van der Waals surface area (Å²) in [6.07, 6.45) is 0. The first-order valence-corrected chi connectivity index (χ1v) is 4.12. The minimum absolute atomic E-state index is 0.00741. The first-order chi connectivity index (χ1) is 6.22. The second kappa shape index (κ2) is 4.58. The zero-order valence-electron chi connectivity index (χ0n) is 7.74. The second-order valence-corrected chi connectivity index (χ2v) is 2.89.